The number of rotatable bonds is 2. The summed E-state index contributed by atoms with van der Waals surface area (Å²) < 4.78 is 4.68. The van der Waals surface area contributed by atoms with Crippen LogP contribution in [0.5, 0.6) is 0 Å². The Morgan fingerprint density at radius 3 is 2.91 bits per heavy atom. The number of aliphatic hydroxyl groups excluding tert-OH is 1. The average molecular weight is 153 g/mol. The Kier molecular flexibility index (Phi) is 2.57. The van der Waals surface area contributed by atoms with E-state index in [1.165, 1.54) is 7.11 Å². The van der Waals surface area contributed by atoms with Gasteiger partial charge in [-0.25, -0.2) is 0 Å². The Morgan fingerprint density at radius 1 is 1.64 bits per heavy atom. The molecule has 11 heavy (non-hydrogen) atoms. The Labute approximate surface area is 65.7 Å². The molecule has 1 aromatic rings. The maximum atomic E-state index is 9.17. The first-order valence-electron chi connectivity index (χ1n) is 3.37. The van der Waals surface area contributed by atoms with E-state index in [0.717, 1.165) is 5.56 Å². The van der Waals surface area contributed by atoms with Gasteiger partial charge < -0.3 is 9.84 Å². The van der Waals surface area contributed by atoms with Gasteiger partial charge in [-0.15, -0.1) is 0 Å². The molecule has 0 saturated carbocycles. The summed E-state index contributed by atoms with van der Waals surface area (Å²) in [5.74, 6) is 0. The minimum Gasteiger partial charge on any atom is -0.363 e. The number of hydrogen-bond donors (Lipinski definition) is 1. The molecule has 0 saturated heterocycles. The van der Waals surface area contributed by atoms with Gasteiger partial charge in [-0.2, -0.15) is 0 Å². The Hall–Kier alpha value is -0.930. The van der Waals surface area contributed by atoms with Crippen molar-refractivity contribution in [2.75, 3.05) is 7.11 Å². The van der Waals surface area contributed by atoms with Crippen LogP contribution >= 0.6 is 0 Å². The molecule has 1 heterocycles. The summed E-state index contributed by atoms with van der Waals surface area (Å²) in [5.41, 5.74) is 1.61. The first-order valence-corrected chi connectivity index (χ1v) is 3.37. The molecule has 60 valence electrons. The summed E-state index contributed by atoms with van der Waals surface area (Å²) in [6, 6.07) is 3.65. The van der Waals surface area contributed by atoms with Crippen LogP contribution in [0.2, 0.25) is 0 Å². The average Bonchev–Trinajstić information content (AvgIpc) is 2.03. The highest BCUT2D eigenvalue weighted by Crippen LogP contribution is 2.10. The van der Waals surface area contributed by atoms with Gasteiger partial charge in [0, 0.05) is 13.3 Å². The molecule has 0 fully saturated rings. The topological polar surface area (TPSA) is 42.4 Å². The molecule has 0 spiro atoms. The predicted molar refractivity (Wildman–Crippen MR) is 40.9 cm³/mol. The minimum absolute atomic E-state index is 0.549. The highest BCUT2D eigenvalue weighted by atomic mass is 16.6. The van der Waals surface area contributed by atoms with E-state index in [4.69, 9.17) is 5.11 Å². The SMILES string of the molecule is COC(O)c1cc(C)ccn1. The quantitative estimate of drug-likeness (QED) is 0.645. The number of aromatic nitrogens is 1. The fraction of sp³-hybridized carbons (Fsp3) is 0.375. The van der Waals surface area contributed by atoms with Crippen LogP contribution in [0.3, 0.4) is 0 Å². The van der Waals surface area contributed by atoms with E-state index in [1.54, 1.807) is 12.3 Å². The maximum Gasteiger partial charge on any atom is 0.198 e. The van der Waals surface area contributed by atoms with Crippen molar-refractivity contribution in [2.24, 2.45) is 0 Å². The lowest BCUT2D eigenvalue weighted by Gasteiger charge is -2.06. The number of methoxy groups -OCH3 is 1. The summed E-state index contributed by atoms with van der Waals surface area (Å²) in [4.78, 5) is 3.94. The first-order chi connectivity index (χ1) is 5.24. The van der Waals surface area contributed by atoms with E-state index in [-0.39, 0.29) is 0 Å². The third-order valence-electron chi connectivity index (χ3n) is 1.41. The summed E-state index contributed by atoms with van der Waals surface area (Å²) in [6.45, 7) is 1.94. The van der Waals surface area contributed by atoms with Gasteiger partial charge in [-0.1, -0.05) is 0 Å². The van der Waals surface area contributed by atoms with Crippen LogP contribution in [0.1, 0.15) is 17.5 Å². The third kappa shape index (κ3) is 2.00. The van der Waals surface area contributed by atoms with Gasteiger partial charge in [0.05, 0.1) is 5.69 Å². The molecule has 1 unspecified atom stereocenters. The molecule has 1 atom stereocenters. The fourth-order valence-electron chi connectivity index (χ4n) is 0.815. The van der Waals surface area contributed by atoms with Crippen molar-refractivity contribution in [3.05, 3.63) is 29.6 Å². The third-order valence-corrected chi connectivity index (χ3v) is 1.41. The molecule has 1 aromatic heterocycles. The molecule has 0 aromatic carbocycles. The zero-order valence-corrected chi connectivity index (χ0v) is 6.61. The van der Waals surface area contributed by atoms with Crippen LogP contribution in [0.25, 0.3) is 0 Å². The van der Waals surface area contributed by atoms with Gasteiger partial charge in [0.25, 0.3) is 0 Å². The van der Waals surface area contributed by atoms with Crippen molar-refractivity contribution in [1.82, 2.24) is 4.98 Å². The Balaban J connectivity index is 2.86. The number of nitrogens with zero attached hydrogens (tertiary/aromatic N) is 1. The molecular formula is C8H11NO2. The highest BCUT2D eigenvalue weighted by molar-refractivity contribution is 5.14. The van der Waals surface area contributed by atoms with Gasteiger partial charge in [0.1, 0.15) is 0 Å². The van der Waals surface area contributed by atoms with Crippen LogP contribution in [0, 0.1) is 6.92 Å². The largest absolute Gasteiger partial charge is 0.363 e. The van der Waals surface area contributed by atoms with Crippen LogP contribution in [-0.2, 0) is 4.74 Å². The van der Waals surface area contributed by atoms with Gasteiger partial charge >= 0.3 is 0 Å². The lowest BCUT2D eigenvalue weighted by molar-refractivity contribution is -0.0799. The molecule has 0 bridgehead atoms. The normalized spacial score (nSPS) is 13.0. The Morgan fingerprint density at radius 2 is 2.36 bits per heavy atom. The van der Waals surface area contributed by atoms with Crippen LogP contribution in [0.15, 0.2) is 18.3 Å². The van der Waals surface area contributed by atoms with E-state index in [1.807, 2.05) is 13.0 Å². The summed E-state index contributed by atoms with van der Waals surface area (Å²) in [6.07, 6.45) is 0.738. The number of ether oxygens (including phenoxy) is 1. The minimum atomic E-state index is -0.908. The molecule has 0 amide bonds. The fourth-order valence-corrected chi connectivity index (χ4v) is 0.815. The van der Waals surface area contributed by atoms with Crippen molar-refractivity contribution in [2.45, 2.75) is 13.2 Å². The summed E-state index contributed by atoms with van der Waals surface area (Å²) >= 11 is 0. The highest BCUT2D eigenvalue weighted by Gasteiger charge is 2.05. The van der Waals surface area contributed by atoms with Crippen LogP contribution in [-0.4, -0.2) is 17.2 Å². The molecule has 0 radical (unpaired) electrons. The van der Waals surface area contributed by atoms with E-state index in [0.29, 0.717) is 5.69 Å². The van der Waals surface area contributed by atoms with Gasteiger partial charge in [-0.3, -0.25) is 4.98 Å². The maximum absolute atomic E-state index is 9.17. The predicted octanol–water partition coefficient (Wildman–Crippen LogP) is 1.03. The molecule has 3 nitrogen and oxygen atoms in total. The summed E-state index contributed by atoms with van der Waals surface area (Å²) in [5, 5.41) is 9.17. The lowest BCUT2D eigenvalue weighted by atomic mass is 10.2. The molecule has 3 heteroatoms. The van der Waals surface area contributed by atoms with Crippen LogP contribution < -0.4 is 0 Å². The zero-order chi connectivity index (χ0) is 8.27. The Bertz CT molecular complexity index is 237. The van der Waals surface area contributed by atoms with E-state index in [2.05, 4.69) is 9.72 Å². The lowest BCUT2D eigenvalue weighted by Crippen LogP contribution is -2.01. The standard InChI is InChI=1S/C8H11NO2/c1-6-3-4-9-7(5-6)8(10)11-2/h3-5,8,10H,1-2H3. The molecule has 0 aliphatic rings. The molecular weight excluding hydrogens is 142 g/mol. The number of aryl methyl sites for hydroxylation is 1. The monoisotopic (exact) mass is 153 g/mol. The van der Waals surface area contributed by atoms with Gasteiger partial charge in [-0.05, 0) is 24.6 Å². The summed E-state index contributed by atoms with van der Waals surface area (Å²) in [7, 11) is 1.44. The van der Waals surface area contributed by atoms with E-state index < -0.39 is 6.29 Å². The van der Waals surface area contributed by atoms with E-state index in [9.17, 15) is 0 Å². The smallest absolute Gasteiger partial charge is 0.198 e. The van der Waals surface area contributed by atoms with Crippen molar-refractivity contribution in [1.29, 1.82) is 0 Å². The zero-order valence-electron chi connectivity index (χ0n) is 6.61. The number of hydrogen-bond acceptors (Lipinski definition) is 3. The molecule has 0 aliphatic carbocycles. The second-order valence-corrected chi connectivity index (χ2v) is 2.35. The van der Waals surface area contributed by atoms with Crippen molar-refractivity contribution in [3.8, 4) is 0 Å². The molecule has 1 rings (SSSR count). The first kappa shape index (κ1) is 8.17. The van der Waals surface area contributed by atoms with Crippen molar-refractivity contribution in [3.63, 3.8) is 0 Å². The van der Waals surface area contributed by atoms with Crippen molar-refractivity contribution < 1.29 is 9.84 Å². The number of pyridine rings is 1. The molecule has 1 N–H and O–H groups in total. The second-order valence-electron chi connectivity index (χ2n) is 2.35. The van der Waals surface area contributed by atoms with Crippen molar-refractivity contribution >= 4 is 0 Å². The second kappa shape index (κ2) is 3.46. The van der Waals surface area contributed by atoms with Gasteiger partial charge in [0.2, 0.25) is 0 Å². The van der Waals surface area contributed by atoms with Gasteiger partial charge in [0.15, 0.2) is 6.29 Å². The van der Waals surface area contributed by atoms with E-state index >= 15 is 0 Å². The van der Waals surface area contributed by atoms with Crippen LogP contribution in [0.4, 0.5) is 0 Å². The number of aliphatic hydroxyl groups is 1. The molecule has 0 aliphatic heterocycles.